The zero-order chi connectivity index (χ0) is 12.8. The van der Waals surface area contributed by atoms with Crippen LogP contribution in [0.3, 0.4) is 0 Å². The molecule has 0 bridgehead atoms. The fourth-order valence-corrected chi connectivity index (χ4v) is 1.95. The van der Waals surface area contributed by atoms with Crippen LogP contribution in [0, 0.1) is 6.92 Å². The first-order valence-corrected chi connectivity index (χ1v) is 6.96. The van der Waals surface area contributed by atoms with Crippen LogP contribution >= 0.6 is 27.5 Å². The van der Waals surface area contributed by atoms with Gasteiger partial charge in [0.05, 0.1) is 0 Å². The number of rotatable bonds is 5. The molecule has 0 aliphatic carbocycles. The number of amides is 1. The first kappa shape index (κ1) is 14.5. The molecule has 94 valence electrons. The van der Waals surface area contributed by atoms with Gasteiger partial charge in [-0.3, -0.25) is 4.79 Å². The number of benzene rings is 1. The molecule has 0 heterocycles. The second-order valence-corrected chi connectivity index (χ2v) is 5.54. The summed E-state index contributed by atoms with van der Waals surface area (Å²) < 4.78 is 0.914. The average Bonchev–Trinajstić information content (AvgIpc) is 2.31. The third-order valence-corrected chi connectivity index (χ3v) is 3.65. The Morgan fingerprint density at radius 2 is 2.24 bits per heavy atom. The molecule has 1 unspecified atom stereocenters. The van der Waals surface area contributed by atoms with Crippen molar-refractivity contribution in [2.45, 2.75) is 32.1 Å². The van der Waals surface area contributed by atoms with Gasteiger partial charge in [-0.05, 0) is 37.5 Å². The minimum atomic E-state index is -0.0382. The molecule has 1 amide bonds. The predicted molar refractivity (Wildman–Crippen MR) is 75.8 cm³/mol. The Kier molecular flexibility index (Phi) is 6.00. The number of alkyl halides is 1. The van der Waals surface area contributed by atoms with E-state index >= 15 is 0 Å². The van der Waals surface area contributed by atoms with E-state index in [0.717, 1.165) is 22.9 Å². The zero-order valence-corrected chi connectivity index (χ0v) is 12.4. The summed E-state index contributed by atoms with van der Waals surface area (Å²) in [6, 6.07) is 5.69. The lowest BCUT2D eigenvalue weighted by Crippen LogP contribution is -2.26. The van der Waals surface area contributed by atoms with Gasteiger partial charge in [0.2, 0.25) is 0 Å². The van der Waals surface area contributed by atoms with Gasteiger partial charge in [-0.2, -0.15) is 0 Å². The molecule has 2 nitrogen and oxygen atoms in total. The standard InChI is InChI=1S/C13H17BrClNO/c1-3-11(15)6-7-16-13(17)12-8-10(14)5-4-9(12)2/h4-5,8,11H,3,6-7H2,1-2H3,(H,16,17). The summed E-state index contributed by atoms with van der Waals surface area (Å²) in [7, 11) is 0. The van der Waals surface area contributed by atoms with Crippen molar-refractivity contribution in [1.82, 2.24) is 5.32 Å². The normalized spacial score (nSPS) is 12.2. The number of carbonyl (C=O) groups excluding carboxylic acids is 1. The quantitative estimate of drug-likeness (QED) is 0.820. The predicted octanol–water partition coefficient (Wildman–Crippen LogP) is 3.89. The van der Waals surface area contributed by atoms with Crippen molar-refractivity contribution in [3.05, 3.63) is 33.8 Å². The molecular weight excluding hydrogens is 302 g/mol. The Morgan fingerprint density at radius 1 is 1.53 bits per heavy atom. The Labute approximate surface area is 116 Å². The molecule has 0 fully saturated rings. The highest BCUT2D eigenvalue weighted by molar-refractivity contribution is 9.10. The van der Waals surface area contributed by atoms with Crippen LogP contribution in [0.1, 0.15) is 35.7 Å². The summed E-state index contributed by atoms with van der Waals surface area (Å²) in [5.74, 6) is -0.0382. The minimum Gasteiger partial charge on any atom is -0.352 e. The smallest absolute Gasteiger partial charge is 0.251 e. The first-order valence-electron chi connectivity index (χ1n) is 5.73. The van der Waals surface area contributed by atoms with Crippen molar-refractivity contribution in [3.63, 3.8) is 0 Å². The van der Waals surface area contributed by atoms with Gasteiger partial charge in [-0.1, -0.05) is 28.9 Å². The summed E-state index contributed by atoms with van der Waals surface area (Å²) in [6.45, 7) is 4.59. The summed E-state index contributed by atoms with van der Waals surface area (Å²) in [5, 5.41) is 3.03. The molecule has 0 aromatic heterocycles. The molecule has 4 heteroatoms. The molecule has 17 heavy (non-hydrogen) atoms. The van der Waals surface area contributed by atoms with E-state index in [4.69, 9.17) is 11.6 Å². The van der Waals surface area contributed by atoms with Gasteiger partial charge >= 0.3 is 0 Å². The van der Waals surface area contributed by atoms with Gasteiger partial charge in [0.1, 0.15) is 0 Å². The fraction of sp³-hybridized carbons (Fsp3) is 0.462. The van der Waals surface area contributed by atoms with Crippen molar-refractivity contribution < 1.29 is 4.79 Å². The van der Waals surface area contributed by atoms with E-state index in [9.17, 15) is 4.79 Å². The highest BCUT2D eigenvalue weighted by Crippen LogP contribution is 2.16. The Bertz CT molecular complexity index is 395. The maximum atomic E-state index is 11.9. The van der Waals surface area contributed by atoms with Crippen molar-refractivity contribution in [2.24, 2.45) is 0 Å². The van der Waals surface area contributed by atoms with E-state index in [1.165, 1.54) is 0 Å². The molecule has 0 aliphatic heterocycles. The molecule has 0 saturated carbocycles. The molecule has 1 rings (SSSR count). The highest BCUT2D eigenvalue weighted by Gasteiger charge is 2.09. The maximum Gasteiger partial charge on any atom is 0.251 e. The van der Waals surface area contributed by atoms with Crippen LogP contribution in [0.15, 0.2) is 22.7 Å². The van der Waals surface area contributed by atoms with Gasteiger partial charge in [0.15, 0.2) is 0 Å². The second kappa shape index (κ2) is 7.02. The molecule has 1 aromatic carbocycles. The Hall–Kier alpha value is -0.540. The topological polar surface area (TPSA) is 29.1 Å². The summed E-state index contributed by atoms with van der Waals surface area (Å²) in [4.78, 5) is 11.9. The van der Waals surface area contributed by atoms with E-state index in [0.29, 0.717) is 12.1 Å². The fourth-order valence-electron chi connectivity index (χ4n) is 1.48. The van der Waals surface area contributed by atoms with Crippen molar-refractivity contribution in [3.8, 4) is 0 Å². The third kappa shape index (κ3) is 4.68. The van der Waals surface area contributed by atoms with Crippen LogP contribution in [0.25, 0.3) is 0 Å². The van der Waals surface area contributed by atoms with Gasteiger partial charge in [-0.15, -0.1) is 11.6 Å². The van der Waals surface area contributed by atoms with Crippen molar-refractivity contribution in [1.29, 1.82) is 0 Å². The molecule has 1 atom stereocenters. The summed E-state index contributed by atoms with van der Waals surface area (Å²) in [5.41, 5.74) is 1.69. The van der Waals surface area contributed by atoms with Gasteiger partial charge in [0.25, 0.3) is 5.91 Å². The second-order valence-electron chi connectivity index (χ2n) is 4.01. The van der Waals surface area contributed by atoms with E-state index in [1.54, 1.807) is 0 Å². The number of hydrogen-bond donors (Lipinski definition) is 1. The van der Waals surface area contributed by atoms with Crippen LogP contribution < -0.4 is 5.32 Å². The first-order chi connectivity index (χ1) is 8.04. The monoisotopic (exact) mass is 317 g/mol. The molecule has 0 spiro atoms. The van der Waals surface area contributed by atoms with E-state index in [-0.39, 0.29) is 11.3 Å². The van der Waals surface area contributed by atoms with Gasteiger partial charge in [-0.25, -0.2) is 0 Å². The van der Waals surface area contributed by atoms with Crippen LogP contribution in [0.4, 0.5) is 0 Å². The lowest BCUT2D eigenvalue weighted by atomic mass is 10.1. The summed E-state index contributed by atoms with van der Waals surface area (Å²) >= 11 is 9.36. The molecule has 0 aliphatic rings. The zero-order valence-electron chi connectivity index (χ0n) is 10.1. The van der Waals surface area contributed by atoms with Crippen LogP contribution in [-0.2, 0) is 0 Å². The molecular formula is C13H17BrClNO. The van der Waals surface area contributed by atoms with Gasteiger partial charge < -0.3 is 5.32 Å². The SMILES string of the molecule is CCC(Cl)CCNC(=O)c1cc(Br)ccc1C. The van der Waals surface area contributed by atoms with E-state index in [2.05, 4.69) is 21.2 Å². The average molecular weight is 319 g/mol. The largest absolute Gasteiger partial charge is 0.352 e. The number of aryl methyl sites for hydroxylation is 1. The molecule has 1 aromatic rings. The molecule has 0 saturated heterocycles. The van der Waals surface area contributed by atoms with Crippen LogP contribution in [0.2, 0.25) is 0 Å². The lowest BCUT2D eigenvalue weighted by molar-refractivity contribution is 0.0952. The Morgan fingerprint density at radius 3 is 2.88 bits per heavy atom. The molecule has 1 N–H and O–H groups in total. The number of halogens is 2. The number of nitrogens with one attached hydrogen (secondary N) is 1. The minimum absolute atomic E-state index is 0.0382. The van der Waals surface area contributed by atoms with Gasteiger partial charge in [0, 0.05) is 22.0 Å². The number of carbonyl (C=O) groups is 1. The third-order valence-electron chi connectivity index (χ3n) is 2.63. The van der Waals surface area contributed by atoms with Crippen LogP contribution in [-0.4, -0.2) is 17.8 Å². The molecule has 0 radical (unpaired) electrons. The maximum absolute atomic E-state index is 11.9. The lowest BCUT2D eigenvalue weighted by Gasteiger charge is -2.10. The Balaban J connectivity index is 2.55. The van der Waals surface area contributed by atoms with Crippen molar-refractivity contribution >= 4 is 33.4 Å². The van der Waals surface area contributed by atoms with Crippen molar-refractivity contribution in [2.75, 3.05) is 6.54 Å². The van der Waals surface area contributed by atoms with E-state index < -0.39 is 0 Å². The highest BCUT2D eigenvalue weighted by atomic mass is 79.9. The van der Waals surface area contributed by atoms with E-state index in [1.807, 2.05) is 32.0 Å². The number of hydrogen-bond acceptors (Lipinski definition) is 1. The summed E-state index contributed by atoms with van der Waals surface area (Å²) in [6.07, 6.45) is 1.73. The van der Waals surface area contributed by atoms with Crippen LogP contribution in [0.5, 0.6) is 0 Å².